The van der Waals surface area contributed by atoms with Gasteiger partial charge in [-0.05, 0) is 153 Å². The molecule has 1 heterocycles. The lowest BCUT2D eigenvalue weighted by atomic mass is 9.73. The van der Waals surface area contributed by atoms with Crippen molar-refractivity contribution in [3.63, 3.8) is 0 Å². The second-order valence-electron chi connectivity index (χ2n) is 17.3. The summed E-state index contributed by atoms with van der Waals surface area (Å²) >= 11 is 1.89. The van der Waals surface area contributed by atoms with Gasteiger partial charge >= 0.3 is 0 Å². The molecular formula is C61H42N2S. The molecule has 0 bridgehead atoms. The first-order valence-electron chi connectivity index (χ1n) is 22.3. The Morgan fingerprint density at radius 2 is 0.797 bits per heavy atom. The lowest BCUT2D eigenvalue weighted by Crippen LogP contribution is -2.15. The van der Waals surface area contributed by atoms with Gasteiger partial charge in [-0.3, -0.25) is 0 Å². The van der Waals surface area contributed by atoms with Gasteiger partial charge in [-0.15, -0.1) is 11.3 Å². The van der Waals surface area contributed by atoms with E-state index in [9.17, 15) is 0 Å². The number of nitrogens with zero attached hydrogens (tertiary/aromatic N) is 2. The Bertz CT molecular complexity index is 3460. The van der Waals surface area contributed by atoms with Crippen LogP contribution in [0.3, 0.4) is 0 Å². The zero-order chi connectivity index (χ0) is 42.2. The summed E-state index contributed by atoms with van der Waals surface area (Å²) in [5.41, 5.74) is 17.7. The van der Waals surface area contributed by atoms with Crippen molar-refractivity contribution in [1.29, 1.82) is 0 Å². The van der Waals surface area contributed by atoms with Crippen molar-refractivity contribution in [2.24, 2.45) is 0 Å². The third-order valence-electron chi connectivity index (χ3n) is 13.7. The highest BCUT2D eigenvalue weighted by Crippen LogP contribution is 2.62. The van der Waals surface area contributed by atoms with Crippen LogP contribution in [0, 0.1) is 0 Å². The Morgan fingerprint density at radius 3 is 1.41 bits per heavy atom. The van der Waals surface area contributed by atoms with Gasteiger partial charge in [-0.2, -0.15) is 0 Å². The SMILES string of the molecule is c1ccc(N(c2ccccc2)c2ccc(-c3ccc4c(c3)C3(CC3)c3cccc5c(-c6ccc7c(c6)sc6cc(N(c8ccccc8)c8ccccc8)ccc67)ccc-4c35)cc2)cc1. The Kier molecular flexibility index (Phi) is 8.47. The maximum absolute atomic E-state index is 2.50. The minimum absolute atomic E-state index is 0.0500. The Morgan fingerprint density at radius 1 is 0.312 bits per heavy atom. The fourth-order valence-electron chi connectivity index (χ4n) is 10.5. The first kappa shape index (κ1) is 36.9. The minimum Gasteiger partial charge on any atom is -0.311 e. The number of benzene rings is 10. The van der Waals surface area contributed by atoms with Crippen LogP contribution in [0.2, 0.25) is 0 Å². The van der Waals surface area contributed by atoms with Gasteiger partial charge in [-0.25, -0.2) is 0 Å². The van der Waals surface area contributed by atoms with E-state index in [1.807, 2.05) is 11.3 Å². The molecule has 0 radical (unpaired) electrons. The summed E-state index contributed by atoms with van der Waals surface area (Å²) in [6.07, 6.45) is 2.35. The van der Waals surface area contributed by atoms with E-state index in [1.165, 1.54) is 88.3 Å². The van der Waals surface area contributed by atoms with Gasteiger partial charge in [-0.1, -0.05) is 146 Å². The second kappa shape index (κ2) is 14.7. The van der Waals surface area contributed by atoms with E-state index in [0.29, 0.717) is 0 Å². The van der Waals surface area contributed by atoms with Crippen molar-refractivity contribution in [2.75, 3.05) is 9.80 Å². The van der Waals surface area contributed by atoms with Gasteiger partial charge in [0.05, 0.1) is 0 Å². The quantitative estimate of drug-likeness (QED) is 0.150. The molecule has 0 aliphatic heterocycles. The van der Waals surface area contributed by atoms with E-state index < -0.39 is 0 Å². The summed E-state index contributed by atoms with van der Waals surface area (Å²) in [6, 6.07) is 84.8. The molecule has 1 aromatic heterocycles. The van der Waals surface area contributed by atoms with E-state index in [4.69, 9.17) is 0 Å². The topological polar surface area (TPSA) is 6.48 Å². The van der Waals surface area contributed by atoms with E-state index >= 15 is 0 Å². The van der Waals surface area contributed by atoms with Crippen molar-refractivity contribution >= 4 is 76.4 Å². The molecule has 64 heavy (non-hydrogen) atoms. The minimum atomic E-state index is 0.0500. The molecule has 0 amide bonds. The zero-order valence-electron chi connectivity index (χ0n) is 35.2. The van der Waals surface area contributed by atoms with Crippen molar-refractivity contribution in [3.05, 3.63) is 242 Å². The summed E-state index contributed by atoms with van der Waals surface area (Å²) < 4.78 is 2.61. The largest absolute Gasteiger partial charge is 0.311 e. The molecule has 11 aromatic rings. The second-order valence-corrected chi connectivity index (χ2v) is 18.4. The van der Waals surface area contributed by atoms with Crippen molar-refractivity contribution in [2.45, 2.75) is 18.3 Å². The standard InChI is InChI=1S/C61H42N2S/c1-5-14-44(15-6-1)62(45-16-7-2-8-17-45)48-28-24-41(25-29-48)42-26-31-51-55-35-34-50(54-22-13-23-56(60(54)55)61(36-37-61)57(51)38-42)43-27-32-52-53-33-30-49(40-59(53)64-58(52)39-43)63(46-18-9-3-10-19-46)47-20-11-4-12-21-47/h1-35,38-40H,36-37H2. The zero-order valence-corrected chi connectivity index (χ0v) is 36.0. The summed E-state index contributed by atoms with van der Waals surface area (Å²) in [5, 5.41) is 5.38. The van der Waals surface area contributed by atoms with Crippen LogP contribution in [-0.2, 0) is 5.41 Å². The van der Waals surface area contributed by atoms with E-state index in [2.05, 4.69) is 240 Å². The number of thiophene rings is 1. The van der Waals surface area contributed by atoms with Gasteiger partial charge in [0.1, 0.15) is 0 Å². The normalized spacial score (nSPS) is 13.3. The van der Waals surface area contributed by atoms with Gasteiger partial charge in [0, 0.05) is 59.7 Å². The number of hydrogen-bond donors (Lipinski definition) is 0. The highest BCUT2D eigenvalue weighted by atomic mass is 32.1. The van der Waals surface area contributed by atoms with Crippen molar-refractivity contribution in [3.8, 4) is 33.4 Å². The van der Waals surface area contributed by atoms with Crippen LogP contribution in [0.25, 0.3) is 64.3 Å². The van der Waals surface area contributed by atoms with Crippen LogP contribution in [0.4, 0.5) is 34.1 Å². The van der Waals surface area contributed by atoms with Gasteiger partial charge in [0.25, 0.3) is 0 Å². The smallest absolute Gasteiger partial charge is 0.0476 e. The molecule has 1 fully saturated rings. The number of hydrogen-bond acceptors (Lipinski definition) is 3. The number of para-hydroxylation sites is 4. The number of anilines is 6. The third-order valence-corrected chi connectivity index (χ3v) is 14.8. The molecular weight excluding hydrogens is 793 g/mol. The maximum Gasteiger partial charge on any atom is 0.0476 e. The summed E-state index contributed by atoms with van der Waals surface area (Å²) in [5.74, 6) is 0. The molecule has 1 saturated carbocycles. The van der Waals surface area contributed by atoms with E-state index in [1.54, 1.807) is 0 Å². The van der Waals surface area contributed by atoms with Crippen molar-refractivity contribution in [1.82, 2.24) is 0 Å². The summed E-state index contributed by atoms with van der Waals surface area (Å²) in [6.45, 7) is 0. The van der Waals surface area contributed by atoms with Gasteiger partial charge < -0.3 is 9.80 Å². The van der Waals surface area contributed by atoms with Crippen LogP contribution in [0.15, 0.2) is 231 Å². The summed E-state index contributed by atoms with van der Waals surface area (Å²) in [7, 11) is 0. The Labute approximate surface area is 377 Å². The molecule has 3 heteroatoms. The lowest BCUT2D eigenvalue weighted by molar-refractivity contribution is 0.854. The first-order valence-corrected chi connectivity index (χ1v) is 23.1. The average Bonchev–Trinajstić information content (AvgIpc) is 4.08. The molecule has 10 aromatic carbocycles. The van der Waals surface area contributed by atoms with Crippen LogP contribution in [0.1, 0.15) is 24.0 Å². The highest BCUT2D eigenvalue weighted by molar-refractivity contribution is 7.25. The van der Waals surface area contributed by atoms with Crippen molar-refractivity contribution < 1.29 is 0 Å². The lowest BCUT2D eigenvalue weighted by Gasteiger charge is -2.30. The predicted molar refractivity (Wildman–Crippen MR) is 273 cm³/mol. The van der Waals surface area contributed by atoms with Crippen LogP contribution in [-0.4, -0.2) is 0 Å². The molecule has 302 valence electrons. The molecule has 0 N–H and O–H groups in total. The fraction of sp³-hybridized carbons (Fsp3) is 0.0492. The third kappa shape index (κ3) is 5.92. The van der Waals surface area contributed by atoms with E-state index in [0.717, 1.165) is 34.1 Å². The molecule has 0 saturated heterocycles. The number of rotatable bonds is 8. The molecule has 2 aliphatic carbocycles. The Hall–Kier alpha value is -7.72. The number of fused-ring (bicyclic) bond motifs is 7. The van der Waals surface area contributed by atoms with Gasteiger partial charge in [0.15, 0.2) is 0 Å². The Balaban J connectivity index is 0.861. The van der Waals surface area contributed by atoms with Crippen LogP contribution >= 0.6 is 11.3 Å². The molecule has 0 atom stereocenters. The highest BCUT2D eigenvalue weighted by Gasteiger charge is 2.50. The molecule has 13 rings (SSSR count). The van der Waals surface area contributed by atoms with Gasteiger partial charge in [0.2, 0.25) is 0 Å². The van der Waals surface area contributed by atoms with Crippen LogP contribution < -0.4 is 9.80 Å². The van der Waals surface area contributed by atoms with Crippen LogP contribution in [0.5, 0.6) is 0 Å². The average molecular weight is 835 g/mol. The fourth-order valence-corrected chi connectivity index (χ4v) is 11.7. The summed E-state index contributed by atoms with van der Waals surface area (Å²) in [4.78, 5) is 4.67. The molecule has 2 nitrogen and oxygen atoms in total. The predicted octanol–water partition coefficient (Wildman–Crippen LogP) is 17.5. The molecule has 0 unspecified atom stereocenters. The first-order chi connectivity index (χ1) is 31.7. The monoisotopic (exact) mass is 834 g/mol. The molecule has 1 spiro atoms. The van der Waals surface area contributed by atoms with E-state index in [-0.39, 0.29) is 5.41 Å². The maximum atomic E-state index is 2.50. The molecule has 2 aliphatic rings.